The monoisotopic (exact) mass is 779 g/mol. The van der Waals surface area contributed by atoms with E-state index in [1.807, 2.05) is 0 Å². The van der Waals surface area contributed by atoms with Gasteiger partial charge >= 0.3 is 11.9 Å². The van der Waals surface area contributed by atoms with Crippen LogP contribution in [0.2, 0.25) is 0 Å². The second-order valence-electron chi connectivity index (χ2n) is 16.6. The predicted octanol–water partition coefficient (Wildman–Crippen LogP) is 6.99. The van der Waals surface area contributed by atoms with E-state index in [1.165, 1.54) is 33.8 Å². The molecule has 302 valence electrons. The summed E-state index contributed by atoms with van der Waals surface area (Å²) in [5.74, 6) is -2.93. The number of hydrogen-bond acceptors (Lipinski definition) is 9. The largest absolute Gasteiger partial charge is 0.371 e. The molecule has 0 aromatic heterocycles. The van der Waals surface area contributed by atoms with Gasteiger partial charge in [0.2, 0.25) is 5.69 Å². The number of nitrogens with zero attached hydrogens (tertiary/aromatic N) is 4. The van der Waals surface area contributed by atoms with Crippen LogP contribution in [0, 0.1) is 5.41 Å². The minimum absolute atomic E-state index is 0.0440. The van der Waals surface area contributed by atoms with E-state index in [0.29, 0.717) is 23.0 Å². The van der Waals surface area contributed by atoms with Crippen molar-refractivity contribution in [1.29, 1.82) is 0 Å². The van der Waals surface area contributed by atoms with Gasteiger partial charge in [-0.05, 0) is 63.2 Å². The molecule has 0 bridgehead atoms. The van der Waals surface area contributed by atoms with Crippen molar-refractivity contribution >= 4 is 47.0 Å². The molecule has 12 nitrogen and oxygen atoms in total. The molecule has 2 saturated heterocycles. The van der Waals surface area contributed by atoms with Crippen LogP contribution in [0.1, 0.15) is 117 Å². The Morgan fingerprint density at radius 1 is 0.737 bits per heavy atom. The maximum absolute atomic E-state index is 12.3. The Bertz CT molecular complexity index is 1970. The number of rotatable bonds is 17. The molecular weight excluding hydrogens is 725 g/mol. The molecule has 0 unspecified atom stereocenters. The van der Waals surface area contributed by atoms with Gasteiger partial charge in [0.15, 0.2) is 5.71 Å². The van der Waals surface area contributed by atoms with Crippen molar-refractivity contribution in [3.05, 3.63) is 89.2 Å². The summed E-state index contributed by atoms with van der Waals surface area (Å²) < 4.78 is 2.37. The fraction of sp³-hybridized carbons (Fsp3) is 0.489. The van der Waals surface area contributed by atoms with E-state index in [0.717, 1.165) is 51.7 Å². The Labute approximate surface area is 335 Å². The highest BCUT2D eigenvalue weighted by Gasteiger charge is 2.44. The van der Waals surface area contributed by atoms with Crippen LogP contribution in [-0.2, 0) is 43.9 Å². The third-order valence-corrected chi connectivity index (χ3v) is 11.4. The molecule has 2 fully saturated rings. The number of carbonyl (C=O) groups excluding carboxylic acids is 6. The first kappa shape index (κ1) is 41.2. The van der Waals surface area contributed by atoms with Gasteiger partial charge in [-0.1, -0.05) is 68.8 Å². The van der Waals surface area contributed by atoms with Gasteiger partial charge < -0.3 is 14.6 Å². The molecule has 1 aromatic rings. The second kappa shape index (κ2) is 17.8. The zero-order valence-corrected chi connectivity index (χ0v) is 33.7. The van der Waals surface area contributed by atoms with Crippen molar-refractivity contribution in [2.75, 3.05) is 19.6 Å². The minimum atomic E-state index is -0.556. The van der Waals surface area contributed by atoms with Crippen LogP contribution in [0.5, 0.6) is 0 Å². The lowest BCUT2D eigenvalue weighted by molar-refractivity contribution is -0.438. The van der Waals surface area contributed by atoms with Crippen LogP contribution < -0.4 is 0 Å². The number of para-hydroxylation sites is 1. The fourth-order valence-corrected chi connectivity index (χ4v) is 8.34. The van der Waals surface area contributed by atoms with Crippen molar-refractivity contribution in [2.45, 2.75) is 117 Å². The first-order valence-electron chi connectivity index (χ1n) is 20.3. The number of allylic oxidation sites excluding steroid dienone is 8. The van der Waals surface area contributed by atoms with E-state index < -0.39 is 35.6 Å². The Morgan fingerprint density at radius 2 is 1.33 bits per heavy atom. The standard InChI is InChI=1S/C45H55N4O8/c1-44(2)31-46(28-14-6-10-20-42(54)56-48-38(50)24-25-39(48)51)35-23-22-32(30-34(35)44)16-8-5-9-19-37-45(3,4)33-17-12-13-18-36(33)47(37)29-15-7-11-21-43(55)57-49-40(52)26-27-41(49)53/h5,8-9,12-13,16-19,22-23H,6-7,10-11,14-15,20-21,24-31H2,1-4H3/q+1/b8-5+,19-9+,32-16-. The highest BCUT2D eigenvalue weighted by Crippen LogP contribution is 2.45. The summed E-state index contributed by atoms with van der Waals surface area (Å²) in [6.45, 7) is 11.7. The SMILES string of the molecule is CC1(C)CN(CCCCCC(=O)ON2C(=O)CCC2=O)C2=C1C\C(=C/C=C/C=C/C1=[N+](CCCCCC(=O)ON3C(=O)CCC3=O)c3ccccc3C1(C)C)C=C2. The Hall–Kier alpha value is -5.39. The Balaban J connectivity index is 0.988. The third kappa shape index (κ3) is 9.60. The number of fused-ring (bicyclic) bond motifs is 1. The van der Waals surface area contributed by atoms with Crippen molar-refractivity contribution < 1.29 is 43.0 Å². The predicted molar refractivity (Wildman–Crippen MR) is 213 cm³/mol. The maximum Gasteiger partial charge on any atom is 0.333 e. The summed E-state index contributed by atoms with van der Waals surface area (Å²) in [4.78, 5) is 83.7. The summed E-state index contributed by atoms with van der Waals surface area (Å²) >= 11 is 0. The molecule has 0 saturated carbocycles. The number of carbonyl (C=O) groups is 6. The molecule has 5 aliphatic rings. The van der Waals surface area contributed by atoms with Crippen LogP contribution >= 0.6 is 0 Å². The summed E-state index contributed by atoms with van der Waals surface area (Å²) in [5, 5.41) is 1.22. The number of amides is 4. The lowest BCUT2D eigenvalue weighted by atomic mass is 9.80. The molecule has 0 atom stereocenters. The van der Waals surface area contributed by atoms with Gasteiger partial charge in [0.05, 0.1) is 5.41 Å². The Morgan fingerprint density at radius 3 is 1.96 bits per heavy atom. The van der Waals surface area contributed by atoms with Gasteiger partial charge in [-0.15, -0.1) is 10.1 Å². The van der Waals surface area contributed by atoms with E-state index in [4.69, 9.17) is 9.68 Å². The normalized spacial score (nSPS) is 20.7. The van der Waals surface area contributed by atoms with Crippen LogP contribution in [0.15, 0.2) is 83.6 Å². The molecule has 1 aliphatic carbocycles. The first-order chi connectivity index (χ1) is 27.3. The van der Waals surface area contributed by atoms with Gasteiger partial charge in [-0.2, -0.15) is 4.58 Å². The van der Waals surface area contributed by atoms with Crippen LogP contribution in [-0.4, -0.2) is 80.5 Å². The second-order valence-corrected chi connectivity index (χ2v) is 16.6. The van der Waals surface area contributed by atoms with Gasteiger partial charge in [0.25, 0.3) is 23.6 Å². The summed E-state index contributed by atoms with van der Waals surface area (Å²) in [7, 11) is 0. The highest BCUT2D eigenvalue weighted by atomic mass is 16.7. The smallest absolute Gasteiger partial charge is 0.333 e. The van der Waals surface area contributed by atoms with Crippen molar-refractivity contribution in [3.63, 3.8) is 0 Å². The molecule has 57 heavy (non-hydrogen) atoms. The van der Waals surface area contributed by atoms with Gasteiger partial charge in [-0.25, -0.2) is 9.59 Å². The van der Waals surface area contributed by atoms with Crippen LogP contribution in [0.25, 0.3) is 0 Å². The molecule has 6 rings (SSSR count). The summed E-state index contributed by atoms with van der Waals surface area (Å²) in [5.41, 5.74) is 7.53. The number of hydrogen-bond donors (Lipinski definition) is 0. The van der Waals surface area contributed by atoms with E-state index in [2.05, 4.69) is 104 Å². The quantitative estimate of drug-likeness (QED) is 0.0710. The Kier molecular flexibility index (Phi) is 12.9. The van der Waals surface area contributed by atoms with E-state index in [1.54, 1.807) is 0 Å². The average Bonchev–Trinajstić information content (AvgIpc) is 3.82. The summed E-state index contributed by atoms with van der Waals surface area (Å²) in [6, 6.07) is 8.50. The van der Waals surface area contributed by atoms with Gasteiger partial charge in [0.1, 0.15) is 6.54 Å². The third-order valence-electron chi connectivity index (χ3n) is 11.4. The van der Waals surface area contributed by atoms with Crippen molar-refractivity contribution in [2.24, 2.45) is 5.41 Å². The maximum atomic E-state index is 12.3. The number of unbranched alkanes of at least 4 members (excludes halogenated alkanes) is 4. The molecule has 4 heterocycles. The molecule has 1 aromatic carbocycles. The zero-order chi connectivity index (χ0) is 40.7. The summed E-state index contributed by atoms with van der Waals surface area (Å²) in [6.07, 6.45) is 21.4. The van der Waals surface area contributed by atoms with E-state index >= 15 is 0 Å². The van der Waals surface area contributed by atoms with E-state index in [-0.39, 0.29) is 49.4 Å². The molecule has 4 amide bonds. The zero-order valence-electron chi connectivity index (χ0n) is 33.7. The first-order valence-corrected chi connectivity index (χ1v) is 20.3. The average molecular weight is 780 g/mol. The molecule has 0 radical (unpaired) electrons. The van der Waals surface area contributed by atoms with Crippen molar-refractivity contribution in [3.8, 4) is 0 Å². The molecule has 4 aliphatic heterocycles. The lowest BCUT2D eigenvalue weighted by Crippen LogP contribution is -2.32. The molecule has 0 spiro atoms. The number of benzene rings is 1. The van der Waals surface area contributed by atoms with E-state index in [9.17, 15) is 28.8 Å². The van der Waals surface area contributed by atoms with Gasteiger partial charge in [0, 0.05) is 86.9 Å². The molecular formula is C45H55N4O8+. The fourth-order valence-electron chi connectivity index (χ4n) is 8.34. The number of imide groups is 2. The highest BCUT2D eigenvalue weighted by molar-refractivity contribution is 6.03. The molecule has 0 N–H and O–H groups in total. The lowest BCUT2D eigenvalue weighted by Gasteiger charge is -2.24. The minimum Gasteiger partial charge on any atom is -0.371 e. The molecule has 12 heteroatoms. The number of hydroxylamine groups is 4. The van der Waals surface area contributed by atoms with Crippen molar-refractivity contribution in [1.82, 2.24) is 15.0 Å². The van der Waals surface area contributed by atoms with Crippen LogP contribution in [0.4, 0.5) is 5.69 Å². The van der Waals surface area contributed by atoms with Gasteiger partial charge in [-0.3, -0.25) is 19.2 Å². The topological polar surface area (TPSA) is 134 Å². The van der Waals surface area contributed by atoms with Crippen LogP contribution in [0.3, 0.4) is 0 Å².